The van der Waals surface area contributed by atoms with E-state index >= 15 is 0 Å². The van der Waals surface area contributed by atoms with Gasteiger partial charge >= 0.3 is 25.5 Å². The molecule has 0 aromatic heterocycles. The molecule has 0 saturated heterocycles. The van der Waals surface area contributed by atoms with Gasteiger partial charge in [0.05, 0.1) is 20.8 Å². The van der Waals surface area contributed by atoms with E-state index in [1.807, 2.05) is 0 Å². The average Bonchev–Trinajstić information content (AvgIpc) is 2.73. The zero-order chi connectivity index (χ0) is 22.1. The minimum atomic E-state index is -4.29. The minimum Gasteiger partial charge on any atom is -0.465 e. The molecule has 0 bridgehead atoms. The largest absolute Gasteiger partial charge is 0.465 e. The SMILES string of the molecule is CCOC(=O)CP(=O)(Oc1ccccc1C(=O)OC)Oc1ccccc1C(=O)OC. The number of esters is 3. The molecule has 0 amide bonds. The predicted octanol–water partition coefficient (Wildman–Crippen LogP) is 3.47. The maximum absolute atomic E-state index is 13.5. The second-order valence-electron chi connectivity index (χ2n) is 5.73. The summed E-state index contributed by atoms with van der Waals surface area (Å²) < 4.78 is 38.8. The zero-order valence-electron chi connectivity index (χ0n) is 16.7. The second-order valence-corrected chi connectivity index (χ2v) is 7.64. The van der Waals surface area contributed by atoms with E-state index < -0.39 is 31.7 Å². The van der Waals surface area contributed by atoms with Crippen molar-refractivity contribution < 1.29 is 42.2 Å². The molecule has 0 aliphatic rings. The lowest BCUT2D eigenvalue weighted by atomic mass is 10.2. The van der Waals surface area contributed by atoms with Crippen molar-refractivity contribution in [3.63, 3.8) is 0 Å². The summed E-state index contributed by atoms with van der Waals surface area (Å²) in [6.45, 7) is 1.64. The van der Waals surface area contributed by atoms with E-state index in [-0.39, 0.29) is 29.2 Å². The topological polar surface area (TPSA) is 114 Å². The molecule has 30 heavy (non-hydrogen) atoms. The normalized spacial score (nSPS) is 10.6. The van der Waals surface area contributed by atoms with Crippen LogP contribution >= 0.6 is 7.60 Å². The summed E-state index contributed by atoms with van der Waals surface area (Å²) in [4.78, 5) is 36.1. The van der Waals surface area contributed by atoms with Crippen LogP contribution in [0.3, 0.4) is 0 Å². The first-order valence-corrected chi connectivity index (χ1v) is 10.5. The fourth-order valence-electron chi connectivity index (χ4n) is 2.40. The van der Waals surface area contributed by atoms with Gasteiger partial charge in [-0.2, -0.15) is 0 Å². The first kappa shape index (κ1) is 23.0. The smallest absolute Gasteiger partial charge is 0.441 e. The van der Waals surface area contributed by atoms with E-state index in [0.717, 1.165) is 0 Å². The van der Waals surface area contributed by atoms with Gasteiger partial charge in [0, 0.05) is 0 Å². The Labute approximate surface area is 173 Å². The summed E-state index contributed by atoms with van der Waals surface area (Å²) in [5, 5.41) is 0. The fourth-order valence-corrected chi connectivity index (χ4v) is 3.89. The van der Waals surface area contributed by atoms with Gasteiger partial charge in [0.25, 0.3) is 0 Å². The third-order valence-corrected chi connectivity index (χ3v) is 5.28. The lowest BCUT2D eigenvalue weighted by Gasteiger charge is -2.21. The van der Waals surface area contributed by atoms with E-state index in [9.17, 15) is 18.9 Å². The molecule has 0 aliphatic heterocycles. The summed E-state index contributed by atoms with van der Waals surface area (Å²) in [6.07, 6.45) is -0.758. The molecule has 2 rings (SSSR count). The molecule has 10 heteroatoms. The van der Waals surface area contributed by atoms with Crippen LogP contribution in [0.1, 0.15) is 27.6 Å². The van der Waals surface area contributed by atoms with Crippen molar-refractivity contribution in [3.8, 4) is 11.5 Å². The lowest BCUT2D eigenvalue weighted by Crippen LogP contribution is -2.17. The lowest BCUT2D eigenvalue weighted by molar-refractivity contribution is -0.140. The first-order chi connectivity index (χ1) is 14.3. The molecule has 160 valence electrons. The number of benzene rings is 2. The Morgan fingerprint density at radius 1 is 0.800 bits per heavy atom. The number of ether oxygens (including phenoxy) is 3. The van der Waals surface area contributed by atoms with Crippen molar-refractivity contribution >= 4 is 25.5 Å². The highest BCUT2D eigenvalue weighted by Crippen LogP contribution is 2.50. The summed E-state index contributed by atoms with van der Waals surface area (Å²) in [5.41, 5.74) is -0.0390. The molecule has 0 fully saturated rings. The predicted molar refractivity (Wildman–Crippen MR) is 106 cm³/mol. The van der Waals surface area contributed by atoms with Gasteiger partial charge in [-0.25, -0.2) is 14.2 Å². The van der Waals surface area contributed by atoms with Crippen molar-refractivity contribution in [3.05, 3.63) is 59.7 Å². The summed E-state index contributed by atoms with van der Waals surface area (Å²) in [7, 11) is -1.93. The van der Waals surface area contributed by atoms with E-state index in [4.69, 9.17) is 23.3 Å². The third kappa shape index (κ3) is 5.84. The van der Waals surface area contributed by atoms with Crippen LogP contribution in [0.4, 0.5) is 0 Å². The van der Waals surface area contributed by atoms with Crippen molar-refractivity contribution in [2.24, 2.45) is 0 Å². The van der Waals surface area contributed by atoms with Crippen molar-refractivity contribution in [2.45, 2.75) is 6.92 Å². The van der Waals surface area contributed by atoms with Gasteiger partial charge in [0.2, 0.25) is 0 Å². The molecule has 9 nitrogen and oxygen atoms in total. The van der Waals surface area contributed by atoms with E-state index in [0.29, 0.717) is 0 Å². The second kappa shape index (κ2) is 10.5. The Kier molecular flexibility index (Phi) is 8.00. The number of hydrogen-bond acceptors (Lipinski definition) is 9. The van der Waals surface area contributed by atoms with Crippen molar-refractivity contribution in [1.29, 1.82) is 0 Å². The molecule has 0 unspecified atom stereocenters. The molecule has 2 aromatic rings. The molecule has 2 aromatic carbocycles. The monoisotopic (exact) mass is 436 g/mol. The zero-order valence-corrected chi connectivity index (χ0v) is 17.5. The third-order valence-electron chi connectivity index (χ3n) is 3.69. The quantitative estimate of drug-likeness (QED) is 0.331. The number of carbonyl (C=O) groups excluding carboxylic acids is 3. The van der Waals surface area contributed by atoms with Gasteiger partial charge < -0.3 is 23.3 Å². The number of carbonyl (C=O) groups is 3. The van der Waals surface area contributed by atoms with Crippen molar-refractivity contribution in [1.82, 2.24) is 0 Å². The Hall–Kier alpha value is -3.32. The molecule has 0 saturated carbocycles. The standard InChI is InChI=1S/C20H21O9P/c1-4-27-18(21)13-30(24,28-16-11-7-5-9-14(16)19(22)25-2)29-17-12-8-6-10-15(17)20(23)26-3/h5-12H,4,13H2,1-3H3. The van der Waals surface area contributed by atoms with Gasteiger partial charge in [-0.05, 0) is 31.2 Å². The highest BCUT2D eigenvalue weighted by atomic mass is 31.2. The van der Waals surface area contributed by atoms with Crippen LogP contribution in [0, 0.1) is 0 Å². The van der Waals surface area contributed by atoms with E-state index in [1.165, 1.54) is 38.5 Å². The van der Waals surface area contributed by atoms with Gasteiger partial charge in [-0.15, -0.1) is 0 Å². The molecule has 0 aliphatic carbocycles. The van der Waals surface area contributed by atoms with E-state index in [1.54, 1.807) is 31.2 Å². The number of rotatable bonds is 9. The Balaban J connectivity index is 2.46. The van der Waals surface area contributed by atoms with Crippen LogP contribution < -0.4 is 9.05 Å². The summed E-state index contributed by atoms with van der Waals surface area (Å²) >= 11 is 0. The highest BCUT2D eigenvalue weighted by Gasteiger charge is 2.35. The molecular formula is C20H21O9P. The molecule has 0 atom stereocenters. The van der Waals surface area contributed by atoms with Crippen LogP contribution in [0.2, 0.25) is 0 Å². The van der Waals surface area contributed by atoms with Gasteiger partial charge in [0.15, 0.2) is 6.16 Å². The van der Waals surface area contributed by atoms with Gasteiger partial charge in [-0.3, -0.25) is 4.79 Å². The number of hydrogen-bond donors (Lipinski definition) is 0. The van der Waals surface area contributed by atoms with Gasteiger partial charge in [0.1, 0.15) is 22.6 Å². The number of para-hydroxylation sites is 2. The van der Waals surface area contributed by atoms with Gasteiger partial charge in [-0.1, -0.05) is 24.3 Å². The maximum atomic E-state index is 13.5. The van der Waals surface area contributed by atoms with E-state index in [2.05, 4.69) is 0 Å². The average molecular weight is 436 g/mol. The van der Waals surface area contributed by atoms with Crippen LogP contribution in [0.5, 0.6) is 11.5 Å². The maximum Gasteiger partial charge on any atom is 0.441 e. The van der Waals surface area contributed by atoms with Crippen LogP contribution in [0.25, 0.3) is 0 Å². The highest BCUT2D eigenvalue weighted by molar-refractivity contribution is 7.55. The van der Waals surface area contributed by atoms with Crippen LogP contribution in [-0.4, -0.2) is 44.9 Å². The molecular weight excluding hydrogens is 415 g/mol. The molecule has 0 radical (unpaired) electrons. The van der Waals surface area contributed by atoms with Crippen molar-refractivity contribution in [2.75, 3.05) is 27.0 Å². The molecule has 0 N–H and O–H groups in total. The Morgan fingerprint density at radius 3 is 1.63 bits per heavy atom. The minimum absolute atomic E-state index is 0.0195. The molecule has 0 spiro atoms. The first-order valence-electron chi connectivity index (χ1n) is 8.82. The fraction of sp³-hybridized carbons (Fsp3) is 0.250. The van der Waals surface area contributed by atoms with Crippen LogP contribution in [-0.2, 0) is 23.6 Å². The Bertz CT molecular complexity index is 905. The number of methoxy groups -OCH3 is 2. The molecule has 0 heterocycles. The van der Waals surface area contributed by atoms with Crippen LogP contribution in [0.15, 0.2) is 48.5 Å². The summed E-state index contributed by atoms with van der Waals surface area (Å²) in [5.74, 6) is -2.54. The Morgan fingerprint density at radius 2 is 1.23 bits per heavy atom. The summed E-state index contributed by atoms with van der Waals surface area (Å²) in [6, 6.07) is 11.7.